The van der Waals surface area contributed by atoms with Crippen LogP contribution in [0.25, 0.3) is 12.2 Å². The van der Waals surface area contributed by atoms with E-state index < -0.39 is 60.2 Å². The fraction of sp³-hybridized carbons (Fsp3) is 0.278. The molecular formula is C36H34O14. The lowest BCUT2D eigenvalue weighted by Crippen LogP contribution is -2.36. The Morgan fingerprint density at radius 1 is 0.600 bits per heavy atom. The fourth-order valence-electron chi connectivity index (χ4n) is 4.63. The number of carbonyl (C=O) groups is 6. The highest BCUT2D eigenvalue weighted by atomic mass is 17.2. The van der Waals surface area contributed by atoms with Crippen LogP contribution >= 0.6 is 0 Å². The Hall–Kier alpha value is -5.86. The molecule has 2 unspecified atom stereocenters. The highest BCUT2D eigenvalue weighted by molar-refractivity contribution is 5.92. The molecule has 2 aromatic rings. The van der Waals surface area contributed by atoms with Crippen LogP contribution in [0.2, 0.25) is 0 Å². The Morgan fingerprint density at radius 2 is 1.02 bits per heavy atom. The SMILES string of the molecule is C=CC(=O)OCCCCOC(=O)C=Cc1ccc(C(=O)O[C@@H]2COC3C2OC[C@H]3OC(=O)c2ccc(C=CC(=O)OOC(=O)C=C)cc2)cc1. The molecule has 0 spiro atoms. The summed E-state index contributed by atoms with van der Waals surface area (Å²) in [5.74, 6) is -4.10. The van der Waals surface area contributed by atoms with Crippen molar-refractivity contribution in [3.8, 4) is 0 Å². The maximum absolute atomic E-state index is 12.8. The average molecular weight is 691 g/mol. The number of rotatable bonds is 15. The van der Waals surface area contributed by atoms with Crippen LogP contribution in [0.5, 0.6) is 0 Å². The quantitative estimate of drug-likeness (QED) is 0.0663. The van der Waals surface area contributed by atoms with Crippen molar-refractivity contribution in [1.82, 2.24) is 0 Å². The molecule has 2 saturated heterocycles. The standard InChI is InChI=1S/C36H34O14/c1-3-29(37)43-19-5-6-20-44-31(39)17-11-23-7-13-25(14-8-23)35(41)47-27-21-45-34-28(22-46-33(27)34)48-36(42)26-15-9-24(10-16-26)12-18-32(40)50-49-30(38)4-2/h3-4,7-18,27-28,33-34H,1-2,5-6,19-22H2/t27-,28-,33?,34?/m1/s1. The molecule has 14 nitrogen and oxygen atoms in total. The maximum atomic E-state index is 12.8. The monoisotopic (exact) mass is 690 g/mol. The number of hydrogen-bond acceptors (Lipinski definition) is 14. The van der Waals surface area contributed by atoms with Gasteiger partial charge in [0.1, 0.15) is 12.2 Å². The van der Waals surface area contributed by atoms with Gasteiger partial charge in [-0.1, -0.05) is 37.4 Å². The van der Waals surface area contributed by atoms with E-state index >= 15 is 0 Å². The molecule has 2 fully saturated rings. The van der Waals surface area contributed by atoms with Crippen molar-refractivity contribution in [1.29, 1.82) is 0 Å². The smallest absolute Gasteiger partial charge is 0.379 e. The van der Waals surface area contributed by atoms with Gasteiger partial charge in [-0.2, -0.15) is 0 Å². The number of benzene rings is 2. The molecular weight excluding hydrogens is 656 g/mol. The first-order valence-electron chi connectivity index (χ1n) is 15.4. The van der Waals surface area contributed by atoms with Crippen LogP contribution in [-0.4, -0.2) is 86.7 Å². The highest BCUT2D eigenvalue weighted by Crippen LogP contribution is 2.31. The van der Waals surface area contributed by atoms with E-state index in [1.165, 1.54) is 24.3 Å². The molecule has 0 amide bonds. The largest absolute Gasteiger partial charge is 0.463 e. The highest BCUT2D eigenvalue weighted by Gasteiger charge is 2.51. The molecule has 50 heavy (non-hydrogen) atoms. The Bertz CT molecular complexity index is 1620. The van der Waals surface area contributed by atoms with Gasteiger partial charge in [-0.05, 0) is 60.4 Å². The lowest BCUT2D eigenvalue weighted by molar-refractivity contribution is -0.250. The molecule has 4 rings (SSSR count). The van der Waals surface area contributed by atoms with Gasteiger partial charge in [0, 0.05) is 24.3 Å². The molecule has 14 heteroatoms. The van der Waals surface area contributed by atoms with Gasteiger partial charge < -0.3 is 28.4 Å². The van der Waals surface area contributed by atoms with Gasteiger partial charge >= 0.3 is 35.8 Å². The predicted molar refractivity (Wildman–Crippen MR) is 173 cm³/mol. The van der Waals surface area contributed by atoms with Gasteiger partial charge in [-0.15, -0.1) is 0 Å². The summed E-state index contributed by atoms with van der Waals surface area (Å²) in [6, 6.07) is 12.5. The number of esters is 4. The molecule has 0 bridgehead atoms. The van der Waals surface area contributed by atoms with Crippen LogP contribution in [0.15, 0.2) is 86.0 Å². The summed E-state index contributed by atoms with van der Waals surface area (Å²) in [6.45, 7) is 6.97. The third kappa shape index (κ3) is 11.1. The van der Waals surface area contributed by atoms with E-state index in [4.69, 9.17) is 28.4 Å². The first-order valence-corrected chi connectivity index (χ1v) is 15.4. The predicted octanol–water partition coefficient (Wildman–Crippen LogP) is 3.50. The van der Waals surface area contributed by atoms with Crippen molar-refractivity contribution in [2.45, 2.75) is 37.3 Å². The van der Waals surface area contributed by atoms with Crippen LogP contribution in [0.1, 0.15) is 44.7 Å². The first-order chi connectivity index (χ1) is 24.2. The maximum Gasteiger partial charge on any atom is 0.379 e. The van der Waals surface area contributed by atoms with Gasteiger partial charge in [-0.25, -0.2) is 38.5 Å². The molecule has 0 aromatic heterocycles. The lowest BCUT2D eigenvalue weighted by atomic mass is 10.1. The summed E-state index contributed by atoms with van der Waals surface area (Å²) in [6.07, 6.45) is 5.51. The van der Waals surface area contributed by atoms with Crippen LogP contribution in [0.3, 0.4) is 0 Å². The van der Waals surface area contributed by atoms with Crippen molar-refractivity contribution >= 4 is 48.0 Å². The third-order valence-electron chi connectivity index (χ3n) is 7.16. The molecule has 0 radical (unpaired) electrons. The van der Waals surface area contributed by atoms with Gasteiger partial charge in [0.05, 0.1) is 37.6 Å². The molecule has 2 aromatic carbocycles. The van der Waals surface area contributed by atoms with Crippen LogP contribution < -0.4 is 0 Å². The fourth-order valence-corrected chi connectivity index (χ4v) is 4.63. The molecule has 0 aliphatic carbocycles. The first kappa shape index (κ1) is 37.0. The van der Waals surface area contributed by atoms with E-state index in [9.17, 15) is 28.8 Å². The minimum absolute atomic E-state index is 0.0447. The zero-order chi connectivity index (χ0) is 35.9. The number of fused-ring (bicyclic) bond motifs is 1. The molecule has 4 atom stereocenters. The molecule has 0 N–H and O–H groups in total. The minimum Gasteiger partial charge on any atom is -0.463 e. The zero-order valence-corrected chi connectivity index (χ0v) is 26.8. The summed E-state index contributed by atoms with van der Waals surface area (Å²) < 4.78 is 32.8. The summed E-state index contributed by atoms with van der Waals surface area (Å²) in [5, 5.41) is 0. The molecule has 262 valence electrons. The molecule has 2 heterocycles. The Kier molecular flexibility index (Phi) is 13.8. The Labute approximate surface area is 286 Å². The number of carbonyl (C=O) groups excluding carboxylic acids is 6. The van der Waals surface area contributed by atoms with Crippen LogP contribution in [0.4, 0.5) is 0 Å². The van der Waals surface area contributed by atoms with Crippen LogP contribution in [-0.2, 0) is 57.4 Å². The Morgan fingerprint density at radius 3 is 1.48 bits per heavy atom. The summed E-state index contributed by atoms with van der Waals surface area (Å²) in [7, 11) is 0. The van der Waals surface area contributed by atoms with E-state index in [0.717, 1.165) is 18.2 Å². The zero-order valence-electron chi connectivity index (χ0n) is 26.8. The van der Waals surface area contributed by atoms with Crippen molar-refractivity contribution < 1.29 is 67.0 Å². The van der Waals surface area contributed by atoms with Crippen molar-refractivity contribution in [2.75, 3.05) is 26.4 Å². The lowest BCUT2D eigenvalue weighted by Gasteiger charge is -2.17. The second kappa shape index (κ2) is 18.6. The van der Waals surface area contributed by atoms with Crippen molar-refractivity contribution in [3.05, 3.63) is 108 Å². The topological polar surface area (TPSA) is 176 Å². The van der Waals surface area contributed by atoms with E-state index in [0.29, 0.717) is 24.0 Å². The second-order valence-corrected chi connectivity index (χ2v) is 10.6. The number of unbranched alkanes of at least 4 members (excludes halogenated alkanes) is 1. The number of hydrogen-bond donors (Lipinski definition) is 0. The van der Waals surface area contributed by atoms with Gasteiger partial charge in [-0.3, -0.25) is 0 Å². The Balaban J connectivity index is 1.18. The minimum atomic E-state index is -0.918. The van der Waals surface area contributed by atoms with Gasteiger partial charge in [0.25, 0.3) is 0 Å². The van der Waals surface area contributed by atoms with E-state index in [1.807, 2.05) is 0 Å². The summed E-state index contributed by atoms with van der Waals surface area (Å²) >= 11 is 0. The van der Waals surface area contributed by atoms with Crippen LogP contribution in [0, 0.1) is 0 Å². The molecule has 0 saturated carbocycles. The molecule has 2 aliphatic rings. The summed E-state index contributed by atoms with van der Waals surface area (Å²) in [5.41, 5.74) is 1.73. The van der Waals surface area contributed by atoms with Gasteiger partial charge in [0.15, 0.2) is 12.2 Å². The van der Waals surface area contributed by atoms with E-state index in [2.05, 4.69) is 22.9 Å². The average Bonchev–Trinajstić information content (AvgIpc) is 3.73. The number of ether oxygens (including phenoxy) is 6. The van der Waals surface area contributed by atoms with Crippen molar-refractivity contribution in [3.63, 3.8) is 0 Å². The van der Waals surface area contributed by atoms with E-state index in [1.54, 1.807) is 42.5 Å². The third-order valence-corrected chi connectivity index (χ3v) is 7.16. The van der Waals surface area contributed by atoms with E-state index in [-0.39, 0.29) is 37.6 Å². The van der Waals surface area contributed by atoms with Gasteiger partial charge in [0.2, 0.25) is 0 Å². The normalized spacial score (nSPS) is 19.3. The summed E-state index contributed by atoms with van der Waals surface area (Å²) in [4.78, 5) is 79.6. The second-order valence-electron chi connectivity index (χ2n) is 10.6. The van der Waals surface area contributed by atoms with Crippen molar-refractivity contribution in [2.24, 2.45) is 0 Å². The molecule has 2 aliphatic heterocycles.